The summed E-state index contributed by atoms with van der Waals surface area (Å²) in [6.07, 6.45) is 0.715. The first-order valence-electron chi connectivity index (χ1n) is 5.33. The molecule has 88 valence electrons. The SMILES string of the molecule is CC.CC1CC(C)(CC(=O)O)CC(=O)O1. The van der Waals surface area contributed by atoms with Crippen molar-refractivity contribution in [1.29, 1.82) is 0 Å². The van der Waals surface area contributed by atoms with Crippen molar-refractivity contribution < 1.29 is 19.4 Å². The number of ether oxygens (including phenoxy) is 1. The van der Waals surface area contributed by atoms with Gasteiger partial charge < -0.3 is 9.84 Å². The van der Waals surface area contributed by atoms with Crippen LogP contribution in [0.3, 0.4) is 0 Å². The van der Waals surface area contributed by atoms with Gasteiger partial charge in [0.1, 0.15) is 0 Å². The van der Waals surface area contributed by atoms with Crippen LogP contribution in [0, 0.1) is 5.41 Å². The van der Waals surface area contributed by atoms with Crippen molar-refractivity contribution in [3.63, 3.8) is 0 Å². The zero-order valence-corrected chi connectivity index (χ0v) is 9.87. The Morgan fingerprint density at radius 3 is 2.53 bits per heavy atom. The molecule has 2 unspecified atom stereocenters. The van der Waals surface area contributed by atoms with Gasteiger partial charge in [-0.05, 0) is 18.8 Å². The van der Waals surface area contributed by atoms with Crippen LogP contribution in [-0.4, -0.2) is 23.1 Å². The smallest absolute Gasteiger partial charge is 0.306 e. The highest BCUT2D eigenvalue weighted by Gasteiger charge is 2.37. The summed E-state index contributed by atoms with van der Waals surface area (Å²) in [5, 5.41) is 8.65. The van der Waals surface area contributed by atoms with Crippen molar-refractivity contribution >= 4 is 11.9 Å². The molecule has 0 aromatic heterocycles. The Labute approximate surface area is 90.6 Å². The summed E-state index contributed by atoms with van der Waals surface area (Å²) in [6.45, 7) is 7.61. The van der Waals surface area contributed by atoms with Crippen LogP contribution in [0.1, 0.15) is 47.0 Å². The Kier molecular flexibility index (Phi) is 5.33. The third-order valence-corrected chi connectivity index (χ3v) is 2.26. The predicted molar refractivity (Wildman–Crippen MR) is 56.5 cm³/mol. The lowest BCUT2D eigenvalue weighted by atomic mass is 9.77. The molecule has 4 heteroatoms. The van der Waals surface area contributed by atoms with E-state index in [0.29, 0.717) is 6.42 Å². The highest BCUT2D eigenvalue weighted by atomic mass is 16.5. The molecule has 1 fully saturated rings. The topological polar surface area (TPSA) is 63.6 Å². The zero-order chi connectivity index (χ0) is 12.1. The van der Waals surface area contributed by atoms with Crippen molar-refractivity contribution in [2.45, 2.75) is 53.1 Å². The second kappa shape index (κ2) is 5.73. The molecule has 0 aliphatic carbocycles. The van der Waals surface area contributed by atoms with E-state index in [2.05, 4.69) is 0 Å². The van der Waals surface area contributed by atoms with Crippen LogP contribution in [0.4, 0.5) is 0 Å². The van der Waals surface area contributed by atoms with Crippen LogP contribution in [-0.2, 0) is 14.3 Å². The molecular formula is C11H20O4. The largest absolute Gasteiger partial charge is 0.481 e. The Balaban J connectivity index is 0.000000921. The molecule has 0 spiro atoms. The van der Waals surface area contributed by atoms with Gasteiger partial charge in [0.15, 0.2) is 0 Å². The van der Waals surface area contributed by atoms with Gasteiger partial charge in [-0.1, -0.05) is 20.8 Å². The quantitative estimate of drug-likeness (QED) is 0.719. The van der Waals surface area contributed by atoms with Gasteiger partial charge in [0.25, 0.3) is 0 Å². The van der Waals surface area contributed by atoms with E-state index >= 15 is 0 Å². The summed E-state index contributed by atoms with van der Waals surface area (Å²) in [7, 11) is 0. The summed E-state index contributed by atoms with van der Waals surface area (Å²) in [6, 6.07) is 0. The lowest BCUT2D eigenvalue weighted by Crippen LogP contribution is -2.36. The first kappa shape index (κ1) is 13.9. The molecule has 1 saturated heterocycles. The normalized spacial score (nSPS) is 29.9. The van der Waals surface area contributed by atoms with E-state index in [9.17, 15) is 9.59 Å². The maximum atomic E-state index is 11.1. The summed E-state index contributed by atoms with van der Waals surface area (Å²) < 4.78 is 4.93. The lowest BCUT2D eigenvalue weighted by molar-refractivity contribution is -0.162. The molecule has 0 amide bonds. The minimum Gasteiger partial charge on any atom is -0.481 e. The number of esters is 1. The summed E-state index contributed by atoms with van der Waals surface area (Å²) in [4.78, 5) is 21.6. The molecule has 1 aliphatic heterocycles. The molecule has 1 rings (SSSR count). The van der Waals surface area contributed by atoms with E-state index in [1.54, 1.807) is 6.92 Å². The predicted octanol–water partition coefficient (Wildman–Crippen LogP) is 2.22. The number of hydrogen-bond acceptors (Lipinski definition) is 3. The van der Waals surface area contributed by atoms with Gasteiger partial charge in [0, 0.05) is 0 Å². The highest BCUT2D eigenvalue weighted by molar-refractivity contribution is 5.74. The lowest BCUT2D eigenvalue weighted by Gasteiger charge is -2.34. The Morgan fingerprint density at radius 1 is 1.60 bits per heavy atom. The third-order valence-electron chi connectivity index (χ3n) is 2.26. The van der Waals surface area contributed by atoms with Gasteiger partial charge >= 0.3 is 11.9 Å². The molecule has 0 radical (unpaired) electrons. The van der Waals surface area contributed by atoms with Gasteiger partial charge in [-0.25, -0.2) is 0 Å². The van der Waals surface area contributed by atoms with Crippen LogP contribution >= 0.6 is 0 Å². The van der Waals surface area contributed by atoms with Gasteiger partial charge in [-0.2, -0.15) is 0 Å². The second-order valence-corrected chi connectivity index (χ2v) is 4.06. The maximum Gasteiger partial charge on any atom is 0.306 e. The molecule has 1 aliphatic rings. The number of carbonyl (C=O) groups is 2. The fraction of sp³-hybridized carbons (Fsp3) is 0.818. The highest BCUT2D eigenvalue weighted by Crippen LogP contribution is 2.36. The Morgan fingerprint density at radius 2 is 2.13 bits per heavy atom. The molecule has 0 aromatic carbocycles. The summed E-state index contributed by atoms with van der Waals surface area (Å²) >= 11 is 0. The van der Waals surface area contributed by atoms with Gasteiger partial charge in [-0.3, -0.25) is 9.59 Å². The van der Waals surface area contributed by atoms with Crippen LogP contribution in [0.5, 0.6) is 0 Å². The fourth-order valence-corrected chi connectivity index (χ4v) is 1.92. The van der Waals surface area contributed by atoms with Crippen molar-refractivity contribution in [3.05, 3.63) is 0 Å². The monoisotopic (exact) mass is 216 g/mol. The van der Waals surface area contributed by atoms with E-state index in [4.69, 9.17) is 9.84 Å². The Hall–Kier alpha value is -1.06. The summed E-state index contributed by atoms with van der Waals surface area (Å²) in [5.41, 5.74) is -0.430. The number of carboxylic acids is 1. The van der Waals surface area contributed by atoms with E-state index in [1.807, 2.05) is 20.8 Å². The van der Waals surface area contributed by atoms with E-state index in [1.165, 1.54) is 0 Å². The van der Waals surface area contributed by atoms with Gasteiger partial charge in [0.05, 0.1) is 18.9 Å². The third kappa shape index (κ3) is 4.81. The van der Waals surface area contributed by atoms with Gasteiger partial charge in [0.2, 0.25) is 0 Å². The molecule has 0 bridgehead atoms. The fourth-order valence-electron chi connectivity index (χ4n) is 1.92. The number of cyclic esters (lactones) is 1. The summed E-state index contributed by atoms with van der Waals surface area (Å²) in [5.74, 6) is -1.15. The minimum atomic E-state index is -0.857. The van der Waals surface area contributed by atoms with Gasteiger partial charge in [-0.15, -0.1) is 0 Å². The van der Waals surface area contributed by atoms with E-state index in [0.717, 1.165) is 0 Å². The van der Waals surface area contributed by atoms with Crippen molar-refractivity contribution in [2.75, 3.05) is 0 Å². The molecular weight excluding hydrogens is 196 g/mol. The standard InChI is InChI=1S/C9H14O4.C2H6/c1-6-3-9(2,4-7(10)11)5-8(12)13-6;1-2/h6H,3-5H2,1-2H3,(H,10,11);1-2H3. The molecule has 0 aromatic rings. The second-order valence-electron chi connectivity index (χ2n) is 4.06. The van der Waals surface area contributed by atoms with E-state index in [-0.39, 0.29) is 24.9 Å². The van der Waals surface area contributed by atoms with Crippen LogP contribution < -0.4 is 0 Å². The number of carboxylic acid groups (broad SMARTS) is 1. The number of rotatable bonds is 2. The number of carbonyl (C=O) groups excluding carboxylic acids is 1. The number of aliphatic carboxylic acids is 1. The van der Waals surface area contributed by atoms with Crippen molar-refractivity contribution in [1.82, 2.24) is 0 Å². The van der Waals surface area contributed by atoms with E-state index < -0.39 is 11.4 Å². The number of hydrogen-bond donors (Lipinski definition) is 1. The molecule has 15 heavy (non-hydrogen) atoms. The molecule has 1 heterocycles. The molecule has 1 N–H and O–H groups in total. The average molecular weight is 216 g/mol. The minimum absolute atomic E-state index is 0.0342. The average Bonchev–Trinajstić information content (AvgIpc) is 2.01. The Bertz CT molecular complexity index is 233. The molecule has 4 nitrogen and oxygen atoms in total. The maximum absolute atomic E-state index is 11.1. The van der Waals surface area contributed by atoms with Crippen molar-refractivity contribution in [3.8, 4) is 0 Å². The first-order valence-corrected chi connectivity index (χ1v) is 5.33. The van der Waals surface area contributed by atoms with Crippen LogP contribution in [0.2, 0.25) is 0 Å². The first-order chi connectivity index (χ1) is 6.91. The van der Waals surface area contributed by atoms with Crippen LogP contribution in [0.15, 0.2) is 0 Å². The van der Waals surface area contributed by atoms with Crippen molar-refractivity contribution in [2.24, 2.45) is 5.41 Å². The zero-order valence-electron chi connectivity index (χ0n) is 9.87. The van der Waals surface area contributed by atoms with Crippen LogP contribution in [0.25, 0.3) is 0 Å². The molecule has 2 atom stereocenters. The molecule has 0 saturated carbocycles.